The van der Waals surface area contributed by atoms with E-state index in [-0.39, 0.29) is 47.4 Å². The molecular weight excluding hydrogens is 953 g/mol. The van der Waals surface area contributed by atoms with Crippen molar-refractivity contribution >= 4 is 11.9 Å². The first-order chi connectivity index (χ1) is 35.9. The van der Waals surface area contributed by atoms with Gasteiger partial charge in [-0.15, -0.1) is 0 Å². The smallest absolute Gasteiger partial charge is 0.331 e. The van der Waals surface area contributed by atoms with E-state index in [0.717, 1.165) is 93.7 Å². The molecule has 428 valence electrons. The normalized spacial score (nSPS) is 52.2. The lowest BCUT2D eigenvalue weighted by Crippen LogP contribution is -2.62. The number of cyclic esters (lactones) is 2. The third-order valence-corrected chi connectivity index (χ3v) is 26.6. The Morgan fingerprint density at radius 3 is 1.66 bits per heavy atom. The fourth-order valence-corrected chi connectivity index (χ4v) is 20.6. The Balaban J connectivity index is 0.000000144. The van der Waals surface area contributed by atoms with Gasteiger partial charge in [-0.05, 0) is 226 Å². The molecule has 0 amide bonds. The number of carbonyl (C=O) groups excluding carboxylic acids is 2. The highest BCUT2D eigenvalue weighted by Crippen LogP contribution is 2.74. The number of rotatable bonds is 6. The van der Waals surface area contributed by atoms with Crippen molar-refractivity contribution in [2.45, 2.75) is 229 Å². The Labute approximate surface area is 459 Å². The fourth-order valence-electron chi connectivity index (χ4n) is 20.6. The number of hydrogen-bond donors (Lipinski definition) is 2. The summed E-state index contributed by atoms with van der Waals surface area (Å²) in [5.74, 6) is 8.52. The van der Waals surface area contributed by atoms with Crippen LogP contribution in [0, 0.1) is 110 Å². The predicted octanol–water partition coefficient (Wildman–Crippen LogP) is 13.6. The first-order valence-electron chi connectivity index (χ1n) is 31.2. The molecule has 12 rings (SSSR count). The maximum Gasteiger partial charge on any atom is 0.331 e. The van der Waals surface area contributed by atoms with Crippen molar-refractivity contribution in [3.63, 3.8) is 0 Å². The Hall–Kier alpha value is -2.24. The standard InChI is InChI=1S/C31H48O5.C24H36O3.C11H20O2/c1-18-16-35-28(20(3)19(18)2)36-23-8-11-29(4)22(15-23)6-7-26-25(29)9-12-30(5)24(10-13-31(26,30)33)21-14-27(32)34-17-21;1-22-9-6-17(25)13-16(22)4-5-20-19(22)8-11-23(2)18(7-10-24(20,23)3)15-12-21(26)27-14-15;1-7(2)13-11-10(5)9(4)8(3)6-12-11/h14,18-20,22-26,28,33H,6-13,15-17H2,1-5H3;12,16-20,25H,4-11,13-14H2,1-3H3;8-11H,1,6H2,2-5H3/t18-,19-,20?,22?,23-,24+,25?,26?,28+,29-,30+,31-;16?,17-,18+,19?,20?,22-,23+,24+;8-,9-,10?,11-/m000/s1. The van der Waals surface area contributed by atoms with Crippen molar-refractivity contribution in [1.82, 2.24) is 0 Å². The molecule has 8 saturated carbocycles. The van der Waals surface area contributed by atoms with Gasteiger partial charge in [0.05, 0.1) is 36.8 Å². The topological polar surface area (TPSA) is 130 Å². The number of aliphatic hydroxyl groups is 2. The SMILES string of the molecule is C=C(C)O[C@@H]1OC[C@H](C)[C@H](C)C1C.CC1[C@@H](O[C@H]2CC[C@@]3(C)C(CCC4C3CC[C@]3(C)[C@@H](C5=CC(=O)OC5)CC[C@]43O)C2)OC[C@H](C)[C@@H]1C.C[C@]12CC[C@H](O)CC1CCC1C2CC[C@]2(C)[C@@H](C3=CC(=O)OC3)CC[C@]12C. The summed E-state index contributed by atoms with van der Waals surface area (Å²) in [6.07, 6.45) is 24.4. The third kappa shape index (κ3) is 9.57. The third-order valence-electron chi connectivity index (χ3n) is 26.6. The lowest BCUT2D eigenvalue weighted by Gasteiger charge is -2.64. The molecule has 0 radical (unpaired) electrons. The second kappa shape index (κ2) is 21.3. The molecular formula is C66H104O10. The van der Waals surface area contributed by atoms with Crippen LogP contribution in [0.25, 0.3) is 0 Å². The average molecular weight is 1060 g/mol. The molecule has 8 unspecified atom stereocenters. The molecule has 10 nitrogen and oxygen atoms in total. The van der Waals surface area contributed by atoms with Crippen LogP contribution >= 0.6 is 0 Å². The highest BCUT2D eigenvalue weighted by molar-refractivity contribution is 5.86. The van der Waals surface area contributed by atoms with Crippen LogP contribution in [0.1, 0.15) is 199 Å². The van der Waals surface area contributed by atoms with Crippen molar-refractivity contribution < 1.29 is 48.2 Å². The summed E-state index contributed by atoms with van der Waals surface area (Å²) in [6.45, 7) is 34.3. The monoisotopic (exact) mass is 1060 g/mol. The van der Waals surface area contributed by atoms with Gasteiger partial charge >= 0.3 is 11.9 Å². The van der Waals surface area contributed by atoms with Gasteiger partial charge in [0.15, 0.2) is 6.29 Å². The van der Waals surface area contributed by atoms with Crippen LogP contribution in [-0.4, -0.2) is 79.0 Å². The van der Waals surface area contributed by atoms with Crippen LogP contribution in [0.15, 0.2) is 35.6 Å². The Morgan fingerprint density at radius 1 is 0.566 bits per heavy atom. The average Bonchev–Trinajstić information content (AvgIpc) is 4.30. The maximum absolute atomic E-state index is 12.4. The van der Waals surface area contributed by atoms with Gasteiger partial charge in [0.25, 0.3) is 0 Å². The van der Waals surface area contributed by atoms with Gasteiger partial charge in [-0.2, -0.15) is 0 Å². The first-order valence-corrected chi connectivity index (χ1v) is 31.2. The van der Waals surface area contributed by atoms with Crippen molar-refractivity contribution in [1.29, 1.82) is 0 Å². The van der Waals surface area contributed by atoms with Gasteiger partial charge in [-0.25, -0.2) is 9.59 Å². The van der Waals surface area contributed by atoms with Gasteiger partial charge in [0, 0.05) is 29.4 Å². The molecule has 0 bridgehead atoms. The quantitative estimate of drug-likeness (QED) is 0.151. The van der Waals surface area contributed by atoms with E-state index in [1.165, 1.54) is 69.8 Å². The highest BCUT2D eigenvalue weighted by atomic mass is 16.7. The number of carbonyl (C=O) groups is 2. The summed E-state index contributed by atoms with van der Waals surface area (Å²) in [5, 5.41) is 22.6. The lowest BCUT2D eigenvalue weighted by molar-refractivity contribution is -0.254. The molecule has 2 N–H and O–H groups in total. The van der Waals surface area contributed by atoms with E-state index in [1.807, 2.05) is 6.92 Å². The van der Waals surface area contributed by atoms with E-state index in [9.17, 15) is 19.8 Å². The highest BCUT2D eigenvalue weighted by Gasteiger charge is 2.69. The molecule has 0 aromatic carbocycles. The Kier molecular flexibility index (Phi) is 15.9. The van der Waals surface area contributed by atoms with Gasteiger partial charge in [0.2, 0.25) is 6.29 Å². The van der Waals surface area contributed by atoms with Crippen LogP contribution in [0.5, 0.6) is 0 Å². The van der Waals surface area contributed by atoms with Gasteiger partial charge in [-0.3, -0.25) is 0 Å². The van der Waals surface area contributed by atoms with Crippen LogP contribution in [-0.2, 0) is 38.0 Å². The van der Waals surface area contributed by atoms with E-state index < -0.39 is 5.60 Å². The van der Waals surface area contributed by atoms with E-state index in [2.05, 4.69) is 82.7 Å². The second-order valence-corrected chi connectivity index (χ2v) is 29.7. The second-order valence-electron chi connectivity index (χ2n) is 29.7. The maximum atomic E-state index is 12.4. The summed E-state index contributed by atoms with van der Waals surface area (Å²) in [7, 11) is 0. The summed E-state index contributed by atoms with van der Waals surface area (Å²) in [4.78, 5) is 23.5. The molecule has 12 aliphatic rings. The molecule has 8 aliphatic carbocycles. The number of hydrogen-bond acceptors (Lipinski definition) is 10. The molecule has 10 fully saturated rings. The van der Waals surface area contributed by atoms with Gasteiger partial charge < -0.3 is 38.6 Å². The Bertz CT molecular complexity index is 2220. The fraction of sp³-hybridized carbons (Fsp3) is 0.879. The molecule has 4 aliphatic heterocycles. The van der Waals surface area contributed by atoms with Crippen LogP contribution in [0.3, 0.4) is 0 Å². The van der Waals surface area contributed by atoms with Crippen molar-refractivity contribution in [3.05, 3.63) is 35.6 Å². The summed E-state index contributed by atoms with van der Waals surface area (Å²) in [6, 6.07) is 0. The van der Waals surface area contributed by atoms with E-state index >= 15 is 0 Å². The van der Waals surface area contributed by atoms with Crippen LogP contribution in [0.4, 0.5) is 0 Å². The first kappa shape index (κ1) is 57.0. The summed E-state index contributed by atoms with van der Waals surface area (Å²) < 4.78 is 34.5. The number of fused-ring (bicyclic) bond motifs is 10. The summed E-state index contributed by atoms with van der Waals surface area (Å²) in [5.41, 5.74) is 2.98. The van der Waals surface area contributed by atoms with Crippen molar-refractivity contribution in [3.8, 4) is 0 Å². The van der Waals surface area contributed by atoms with E-state index in [0.29, 0.717) is 94.7 Å². The van der Waals surface area contributed by atoms with Crippen molar-refractivity contribution in [2.24, 2.45) is 110 Å². The Morgan fingerprint density at radius 2 is 1.07 bits per heavy atom. The zero-order valence-corrected chi connectivity index (χ0v) is 49.5. The number of aliphatic hydroxyl groups excluding tert-OH is 1. The van der Waals surface area contributed by atoms with Gasteiger partial charge in [-0.1, -0.05) is 82.7 Å². The van der Waals surface area contributed by atoms with Crippen molar-refractivity contribution in [2.75, 3.05) is 26.4 Å². The molecule has 0 aromatic heterocycles. The largest absolute Gasteiger partial charge is 0.470 e. The molecule has 24 atom stereocenters. The van der Waals surface area contributed by atoms with Crippen LogP contribution in [0.2, 0.25) is 0 Å². The predicted molar refractivity (Wildman–Crippen MR) is 296 cm³/mol. The minimum atomic E-state index is -0.632. The van der Waals surface area contributed by atoms with E-state index in [1.54, 1.807) is 12.2 Å². The molecule has 4 heterocycles. The van der Waals surface area contributed by atoms with Crippen LogP contribution < -0.4 is 0 Å². The van der Waals surface area contributed by atoms with E-state index in [4.69, 9.17) is 28.4 Å². The zero-order valence-electron chi connectivity index (χ0n) is 49.5. The lowest BCUT2D eigenvalue weighted by atomic mass is 9.40. The molecule has 10 heteroatoms. The molecule has 0 aromatic rings. The number of allylic oxidation sites excluding steroid dienone is 1. The zero-order chi connectivity index (χ0) is 54.5. The minimum absolute atomic E-state index is 0.0610. The minimum Gasteiger partial charge on any atom is -0.470 e. The summed E-state index contributed by atoms with van der Waals surface area (Å²) >= 11 is 0. The number of ether oxygens (including phenoxy) is 6. The number of esters is 2. The molecule has 76 heavy (non-hydrogen) atoms. The molecule has 0 spiro atoms. The molecule has 2 saturated heterocycles. The van der Waals surface area contributed by atoms with Gasteiger partial charge in [0.1, 0.15) is 13.2 Å².